The van der Waals surface area contributed by atoms with Gasteiger partial charge in [-0.3, -0.25) is 24.0 Å². The summed E-state index contributed by atoms with van der Waals surface area (Å²) in [6.07, 6.45) is 7.21. The molecule has 0 aromatic carbocycles. The molecule has 1 aromatic heterocycles. The summed E-state index contributed by atoms with van der Waals surface area (Å²) < 4.78 is 20.6. The second kappa shape index (κ2) is 12.2. The van der Waals surface area contributed by atoms with Gasteiger partial charge in [0.05, 0.1) is 17.9 Å². The Balaban J connectivity index is 1.39. The minimum Gasteiger partial charge on any atom is -0.481 e. The normalized spacial score (nSPS) is 41.5. The maximum Gasteiger partial charge on any atom is 0.519 e. The van der Waals surface area contributed by atoms with E-state index < -0.39 is 75.6 Å². The molecule has 6 rings (SSSR count). The predicted octanol–water partition coefficient (Wildman–Crippen LogP) is 5.68. The molecule has 0 aliphatic heterocycles. The number of carboxylic acid groups (broad SMARTS) is 1. The molecule has 280 valence electrons. The first-order chi connectivity index (χ1) is 23.7. The number of amides is 1. The number of carbonyl (C=O) groups is 5. The number of hydrogen-bond donors (Lipinski definition) is 2. The molecule has 4 saturated carbocycles. The number of esters is 2. The molecule has 1 heterocycles. The molecule has 5 aliphatic rings. The number of hydrogen-bond acceptors (Lipinski definition) is 10. The second-order valence-electron chi connectivity index (χ2n) is 17.8. The van der Waals surface area contributed by atoms with Crippen LogP contribution >= 0.6 is 0 Å². The molecule has 4 fully saturated rings. The largest absolute Gasteiger partial charge is 0.519 e. The second-order valence-corrected chi connectivity index (χ2v) is 17.8. The van der Waals surface area contributed by atoms with E-state index in [0.717, 1.165) is 24.8 Å². The average molecular weight is 712 g/mol. The van der Waals surface area contributed by atoms with Crippen LogP contribution < -0.4 is 11.1 Å². The molecule has 12 nitrogen and oxygen atoms in total. The maximum absolute atomic E-state index is 14.8. The third-order valence-electron chi connectivity index (χ3n) is 15.3. The molecular formula is C39H53NO11. The van der Waals surface area contributed by atoms with Crippen LogP contribution in [0.2, 0.25) is 0 Å². The number of methoxy groups -OCH3 is 1. The Morgan fingerprint density at radius 1 is 0.941 bits per heavy atom. The predicted molar refractivity (Wildman–Crippen MR) is 182 cm³/mol. The highest BCUT2D eigenvalue weighted by Gasteiger charge is 2.72. The van der Waals surface area contributed by atoms with Crippen molar-refractivity contribution in [2.75, 3.05) is 7.11 Å². The summed E-state index contributed by atoms with van der Waals surface area (Å²) in [5.41, 5.74) is -2.67. The molecule has 0 saturated heterocycles. The molecule has 1 unspecified atom stereocenters. The van der Waals surface area contributed by atoms with Gasteiger partial charge < -0.3 is 28.7 Å². The number of allylic oxidation sites excluding steroid dienone is 2. The van der Waals surface area contributed by atoms with Gasteiger partial charge in [0.15, 0.2) is 23.9 Å². The fourth-order valence-electron chi connectivity index (χ4n) is 11.8. The number of aryl methyl sites for hydroxylation is 1. The van der Waals surface area contributed by atoms with E-state index in [1.165, 1.54) is 14.0 Å². The van der Waals surface area contributed by atoms with Crippen molar-refractivity contribution >= 4 is 29.6 Å². The summed E-state index contributed by atoms with van der Waals surface area (Å²) in [6.45, 7) is 13.7. The Morgan fingerprint density at radius 2 is 1.63 bits per heavy atom. The first-order valence-electron chi connectivity index (χ1n) is 18.3. The summed E-state index contributed by atoms with van der Waals surface area (Å²) in [4.78, 5) is 78.5. The number of ketones is 1. The minimum atomic E-state index is -1.32. The van der Waals surface area contributed by atoms with Gasteiger partial charge in [0.25, 0.3) is 0 Å². The van der Waals surface area contributed by atoms with E-state index >= 15 is 0 Å². The van der Waals surface area contributed by atoms with Gasteiger partial charge in [-0.05, 0) is 118 Å². The van der Waals surface area contributed by atoms with Gasteiger partial charge in [0, 0.05) is 12.0 Å². The Hall–Kier alpha value is -3.70. The molecule has 5 aliphatic carbocycles. The summed E-state index contributed by atoms with van der Waals surface area (Å²) in [5, 5.41) is 13.2. The molecule has 0 spiro atoms. The van der Waals surface area contributed by atoms with Crippen LogP contribution in [0.4, 0.5) is 0 Å². The zero-order valence-corrected chi connectivity index (χ0v) is 31.2. The van der Waals surface area contributed by atoms with Crippen molar-refractivity contribution in [3.8, 4) is 0 Å². The number of carboxylic acids is 1. The SMILES string of the molecule is COC(=O)CC(=O)N[C@H]1CC[C@@]2(C)C(CC[C@]3(C)[C@@H]2C(=O)C=C2[C@@H]4C[C@@](C)(C(=O)O)CC[C@]4(C)CC[C@]23C)[C@]1(C)C(=O)OCc1oc(=O)oc1C. The van der Waals surface area contributed by atoms with E-state index in [0.29, 0.717) is 38.5 Å². The molecular weight excluding hydrogens is 658 g/mol. The highest BCUT2D eigenvalue weighted by molar-refractivity contribution is 5.96. The highest BCUT2D eigenvalue weighted by Crippen LogP contribution is 2.75. The minimum absolute atomic E-state index is 0.0173. The number of nitrogens with one attached hydrogen (secondary N) is 1. The van der Waals surface area contributed by atoms with Crippen LogP contribution in [0.25, 0.3) is 0 Å². The van der Waals surface area contributed by atoms with Crippen molar-refractivity contribution in [2.45, 2.75) is 125 Å². The summed E-state index contributed by atoms with van der Waals surface area (Å²) in [5.74, 6) is -4.16. The zero-order valence-electron chi connectivity index (χ0n) is 31.2. The molecule has 0 bridgehead atoms. The molecule has 1 aromatic rings. The number of fused-ring (bicyclic) bond motifs is 7. The van der Waals surface area contributed by atoms with E-state index in [9.17, 15) is 33.9 Å². The van der Waals surface area contributed by atoms with Gasteiger partial charge in [-0.1, -0.05) is 33.3 Å². The lowest BCUT2D eigenvalue weighted by atomic mass is 9.33. The number of aliphatic carboxylic acids is 1. The fourth-order valence-corrected chi connectivity index (χ4v) is 11.8. The van der Waals surface area contributed by atoms with Gasteiger partial charge in [-0.15, -0.1) is 0 Å². The number of carbonyl (C=O) groups excluding carboxylic acids is 4. The van der Waals surface area contributed by atoms with Crippen molar-refractivity contribution in [1.29, 1.82) is 0 Å². The summed E-state index contributed by atoms with van der Waals surface area (Å²) >= 11 is 0. The van der Waals surface area contributed by atoms with Crippen molar-refractivity contribution in [1.82, 2.24) is 5.32 Å². The Labute approximate surface area is 298 Å². The van der Waals surface area contributed by atoms with Crippen molar-refractivity contribution in [3.05, 3.63) is 33.8 Å². The lowest BCUT2D eigenvalue weighted by molar-refractivity contribution is -0.205. The fraction of sp³-hybridized carbons (Fsp3) is 0.744. The van der Waals surface area contributed by atoms with Crippen LogP contribution in [-0.2, 0) is 40.1 Å². The van der Waals surface area contributed by atoms with Gasteiger partial charge in [-0.2, -0.15) is 0 Å². The van der Waals surface area contributed by atoms with E-state index in [1.807, 2.05) is 13.0 Å². The lowest BCUT2D eigenvalue weighted by Crippen LogP contribution is -2.69. The number of ether oxygens (including phenoxy) is 2. The Kier molecular flexibility index (Phi) is 8.86. The Bertz CT molecular complexity index is 1760. The van der Waals surface area contributed by atoms with E-state index in [1.54, 1.807) is 6.92 Å². The van der Waals surface area contributed by atoms with Gasteiger partial charge in [-0.25, -0.2) is 4.79 Å². The van der Waals surface area contributed by atoms with E-state index in [4.69, 9.17) is 18.3 Å². The van der Waals surface area contributed by atoms with Gasteiger partial charge in [0.2, 0.25) is 5.91 Å². The van der Waals surface area contributed by atoms with Crippen molar-refractivity contribution in [2.24, 2.45) is 50.2 Å². The van der Waals surface area contributed by atoms with Crippen LogP contribution in [-0.4, -0.2) is 47.9 Å². The van der Waals surface area contributed by atoms with Gasteiger partial charge >= 0.3 is 23.7 Å². The molecule has 10 atom stereocenters. The third kappa shape index (κ3) is 5.43. The first-order valence-corrected chi connectivity index (χ1v) is 18.3. The molecule has 51 heavy (non-hydrogen) atoms. The van der Waals surface area contributed by atoms with Crippen LogP contribution in [0.15, 0.2) is 25.3 Å². The Morgan fingerprint density at radius 3 is 2.25 bits per heavy atom. The summed E-state index contributed by atoms with van der Waals surface area (Å²) in [6, 6.07) is -0.714. The lowest BCUT2D eigenvalue weighted by Gasteiger charge is -2.70. The highest BCUT2D eigenvalue weighted by atomic mass is 16.6. The molecule has 2 N–H and O–H groups in total. The van der Waals surface area contributed by atoms with Crippen molar-refractivity contribution < 1.29 is 47.4 Å². The smallest absolute Gasteiger partial charge is 0.481 e. The van der Waals surface area contributed by atoms with Crippen LogP contribution in [0, 0.1) is 57.2 Å². The van der Waals surface area contributed by atoms with E-state index in [2.05, 4.69) is 33.0 Å². The quantitative estimate of drug-likeness (QED) is 0.263. The van der Waals surface area contributed by atoms with Crippen LogP contribution in [0.3, 0.4) is 0 Å². The van der Waals surface area contributed by atoms with Gasteiger partial charge in [0.1, 0.15) is 6.42 Å². The molecule has 12 heteroatoms. The average Bonchev–Trinajstić information content (AvgIpc) is 3.38. The topological polar surface area (TPSA) is 179 Å². The maximum atomic E-state index is 14.8. The first kappa shape index (κ1) is 37.1. The summed E-state index contributed by atoms with van der Waals surface area (Å²) in [7, 11) is 1.20. The zero-order chi connectivity index (χ0) is 37.5. The monoisotopic (exact) mass is 711 g/mol. The third-order valence-corrected chi connectivity index (χ3v) is 15.3. The number of rotatable bonds is 7. The van der Waals surface area contributed by atoms with Crippen LogP contribution in [0.5, 0.6) is 0 Å². The molecule has 0 radical (unpaired) electrons. The standard InChI is InChI=1S/C39H53NO11/c1-21-25(51-33(47)50-21)20-49-32(46)39(7)26-9-12-38(6)30(36(26,4)11-10-27(39)40-28(42)18-29(43)48-8)24(41)17-22-23-19-35(3,31(44)45)14-13-34(23,2)15-16-37(22,38)5/h17,23,26-27,30H,9-16,18-20H2,1-8H3,(H,40,42)(H,44,45)/t23-,26?,27-,30+,34+,35-,36-,37+,38+,39-/m0/s1. The molecule has 1 amide bonds. The van der Waals surface area contributed by atoms with Crippen LogP contribution in [0.1, 0.15) is 117 Å². The van der Waals surface area contributed by atoms with E-state index in [-0.39, 0.29) is 40.7 Å². The van der Waals surface area contributed by atoms with Crippen molar-refractivity contribution in [3.63, 3.8) is 0 Å².